The van der Waals surface area contributed by atoms with Crippen molar-refractivity contribution in [2.45, 2.75) is 31.8 Å². The summed E-state index contributed by atoms with van der Waals surface area (Å²) < 4.78 is 13.6. The molecule has 0 amide bonds. The van der Waals surface area contributed by atoms with Crippen LogP contribution in [-0.2, 0) is 6.54 Å². The minimum Gasteiger partial charge on any atom is -0.295 e. The van der Waals surface area contributed by atoms with Crippen molar-refractivity contribution >= 4 is 23.2 Å². The molecule has 1 aromatic carbocycles. The molecule has 0 aliphatic carbocycles. The van der Waals surface area contributed by atoms with Gasteiger partial charge < -0.3 is 0 Å². The summed E-state index contributed by atoms with van der Waals surface area (Å²) in [6.07, 6.45) is 3.48. The molecular weight excluding hydrogens is 260 g/mol. The SMILES string of the molecule is Fc1ccc(Cl)cc1CN1CCCCC1CCl. The Kier molecular flexibility index (Phi) is 4.66. The quantitative estimate of drug-likeness (QED) is 0.752. The predicted molar refractivity (Wildman–Crippen MR) is 70.2 cm³/mol. The Morgan fingerprint density at radius 3 is 2.94 bits per heavy atom. The van der Waals surface area contributed by atoms with Gasteiger partial charge in [0.15, 0.2) is 0 Å². The van der Waals surface area contributed by atoms with Crippen molar-refractivity contribution in [2.24, 2.45) is 0 Å². The van der Waals surface area contributed by atoms with Crippen LogP contribution in [-0.4, -0.2) is 23.4 Å². The Bertz CT molecular complexity index is 384. The number of nitrogens with zero attached hydrogens (tertiary/aromatic N) is 1. The molecule has 1 nitrogen and oxygen atoms in total. The van der Waals surface area contributed by atoms with E-state index in [0.717, 1.165) is 19.4 Å². The highest BCUT2D eigenvalue weighted by Crippen LogP contribution is 2.23. The molecule has 0 spiro atoms. The van der Waals surface area contributed by atoms with Gasteiger partial charge >= 0.3 is 0 Å². The summed E-state index contributed by atoms with van der Waals surface area (Å²) >= 11 is 11.8. The summed E-state index contributed by atoms with van der Waals surface area (Å²) in [6, 6.07) is 5.08. The molecule has 1 atom stereocenters. The van der Waals surface area contributed by atoms with Gasteiger partial charge in [0, 0.05) is 29.1 Å². The van der Waals surface area contributed by atoms with Gasteiger partial charge in [-0.05, 0) is 37.6 Å². The number of alkyl halides is 1. The van der Waals surface area contributed by atoms with E-state index in [-0.39, 0.29) is 5.82 Å². The molecule has 0 radical (unpaired) electrons. The highest BCUT2D eigenvalue weighted by molar-refractivity contribution is 6.30. The third-order valence-corrected chi connectivity index (χ3v) is 3.90. The first kappa shape index (κ1) is 13.1. The van der Waals surface area contributed by atoms with Crippen molar-refractivity contribution in [1.29, 1.82) is 0 Å². The topological polar surface area (TPSA) is 3.24 Å². The van der Waals surface area contributed by atoms with Crippen LogP contribution in [0.15, 0.2) is 18.2 Å². The van der Waals surface area contributed by atoms with E-state index in [1.54, 1.807) is 12.1 Å². The molecule has 2 rings (SSSR count). The molecule has 1 aliphatic rings. The van der Waals surface area contributed by atoms with Gasteiger partial charge in [-0.3, -0.25) is 4.90 Å². The van der Waals surface area contributed by atoms with E-state index in [0.29, 0.717) is 29.1 Å². The lowest BCUT2D eigenvalue weighted by molar-refractivity contribution is 0.153. The van der Waals surface area contributed by atoms with Crippen LogP contribution in [0.5, 0.6) is 0 Å². The largest absolute Gasteiger partial charge is 0.295 e. The lowest BCUT2D eigenvalue weighted by Crippen LogP contribution is -2.40. The van der Waals surface area contributed by atoms with Crippen LogP contribution in [0.1, 0.15) is 24.8 Å². The molecule has 0 N–H and O–H groups in total. The van der Waals surface area contributed by atoms with Crippen molar-refractivity contribution < 1.29 is 4.39 Å². The fourth-order valence-corrected chi connectivity index (χ4v) is 2.87. The maximum absolute atomic E-state index is 13.6. The number of rotatable bonds is 3. The Morgan fingerprint density at radius 1 is 1.35 bits per heavy atom. The Hall–Kier alpha value is -0.310. The monoisotopic (exact) mass is 275 g/mol. The average molecular weight is 276 g/mol. The minimum absolute atomic E-state index is 0.187. The summed E-state index contributed by atoms with van der Waals surface area (Å²) in [7, 11) is 0. The first-order valence-corrected chi connectivity index (χ1v) is 6.86. The molecule has 0 bridgehead atoms. The average Bonchev–Trinajstić information content (AvgIpc) is 2.34. The molecule has 1 saturated heterocycles. The number of halogens is 3. The van der Waals surface area contributed by atoms with E-state index in [9.17, 15) is 4.39 Å². The number of hydrogen-bond donors (Lipinski definition) is 0. The van der Waals surface area contributed by atoms with Crippen LogP contribution in [0, 0.1) is 5.82 Å². The van der Waals surface area contributed by atoms with Gasteiger partial charge in [-0.25, -0.2) is 4.39 Å². The van der Waals surface area contributed by atoms with Crippen molar-refractivity contribution in [1.82, 2.24) is 4.90 Å². The highest BCUT2D eigenvalue weighted by atomic mass is 35.5. The number of piperidine rings is 1. The molecule has 1 fully saturated rings. The van der Waals surface area contributed by atoms with Gasteiger partial charge in [0.25, 0.3) is 0 Å². The van der Waals surface area contributed by atoms with Crippen LogP contribution in [0.2, 0.25) is 5.02 Å². The second-order valence-electron chi connectivity index (χ2n) is 4.51. The Labute approximate surface area is 112 Å². The zero-order valence-electron chi connectivity index (χ0n) is 9.63. The zero-order valence-corrected chi connectivity index (χ0v) is 11.1. The van der Waals surface area contributed by atoms with Crippen LogP contribution >= 0.6 is 23.2 Å². The van der Waals surface area contributed by atoms with E-state index in [4.69, 9.17) is 23.2 Å². The maximum Gasteiger partial charge on any atom is 0.127 e. The number of hydrogen-bond acceptors (Lipinski definition) is 1. The van der Waals surface area contributed by atoms with Gasteiger partial charge in [-0.1, -0.05) is 18.0 Å². The molecule has 0 aromatic heterocycles. The zero-order chi connectivity index (χ0) is 12.3. The van der Waals surface area contributed by atoms with Crippen LogP contribution in [0.4, 0.5) is 4.39 Å². The molecule has 1 unspecified atom stereocenters. The third kappa shape index (κ3) is 3.34. The predicted octanol–water partition coefficient (Wildman–Crippen LogP) is 4.07. The fraction of sp³-hybridized carbons (Fsp3) is 0.538. The van der Waals surface area contributed by atoms with Crippen molar-refractivity contribution in [3.05, 3.63) is 34.6 Å². The molecule has 1 aromatic rings. The lowest BCUT2D eigenvalue weighted by Gasteiger charge is -2.34. The normalized spacial score (nSPS) is 21.7. The van der Waals surface area contributed by atoms with Gasteiger partial charge in [0.05, 0.1) is 0 Å². The number of benzene rings is 1. The summed E-state index contributed by atoms with van der Waals surface area (Å²) in [5.74, 6) is 0.427. The first-order valence-electron chi connectivity index (χ1n) is 5.94. The summed E-state index contributed by atoms with van der Waals surface area (Å²) in [4.78, 5) is 2.26. The van der Waals surface area contributed by atoms with E-state index in [1.165, 1.54) is 12.5 Å². The van der Waals surface area contributed by atoms with Gasteiger partial charge in [-0.2, -0.15) is 0 Å². The van der Waals surface area contributed by atoms with E-state index >= 15 is 0 Å². The highest BCUT2D eigenvalue weighted by Gasteiger charge is 2.22. The van der Waals surface area contributed by atoms with Crippen molar-refractivity contribution in [2.75, 3.05) is 12.4 Å². The summed E-state index contributed by atoms with van der Waals surface area (Å²) in [5, 5.41) is 0.584. The van der Waals surface area contributed by atoms with Gasteiger partial charge in [0.2, 0.25) is 0 Å². The van der Waals surface area contributed by atoms with Crippen molar-refractivity contribution in [3.63, 3.8) is 0 Å². The molecule has 0 saturated carbocycles. The summed E-state index contributed by atoms with van der Waals surface area (Å²) in [6.45, 7) is 1.59. The lowest BCUT2D eigenvalue weighted by atomic mass is 10.0. The standard InChI is InChI=1S/C13H16Cl2FN/c14-8-12-3-1-2-6-17(12)9-10-7-11(15)4-5-13(10)16/h4-5,7,12H,1-3,6,8-9H2. The minimum atomic E-state index is -0.187. The van der Waals surface area contributed by atoms with E-state index < -0.39 is 0 Å². The summed E-state index contributed by atoms with van der Waals surface area (Å²) in [5.41, 5.74) is 0.662. The second-order valence-corrected chi connectivity index (χ2v) is 5.26. The third-order valence-electron chi connectivity index (χ3n) is 3.31. The molecule has 4 heteroatoms. The molecular formula is C13H16Cl2FN. The Balaban J connectivity index is 2.10. The molecule has 1 aliphatic heterocycles. The number of likely N-dealkylation sites (tertiary alicyclic amines) is 1. The van der Waals surface area contributed by atoms with Gasteiger partial charge in [-0.15, -0.1) is 11.6 Å². The maximum atomic E-state index is 13.6. The smallest absolute Gasteiger partial charge is 0.127 e. The van der Waals surface area contributed by atoms with Crippen LogP contribution < -0.4 is 0 Å². The molecule has 1 heterocycles. The second kappa shape index (κ2) is 6.03. The van der Waals surface area contributed by atoms with Gasteiger partial charge in [0.1, 0.15) is 5.82 Å². The van der Waals surface area contributed by atoms with Crippen molar-refractivity contribution in [3.8, 4) is 0 Å². The Morgan fingerprint density at radius 2 is 2.18 bits per heavy atom. The first-order chi connectivity index (χ1) is 8.20. The fourth-order valence-electron chi connectivity index (χ4n) is 2.33. The van der Waals surface area contributed by atoms with E-state index in [2.05, 4.69) is 4.90 Å². The molecule has 17 heavy (non-hydrogen) atoms. The van der Waals surface area contributed by atoms with E-state index in [1.807, 2.05) is 0 Å². The van der Waals surface area contributed by atoms with Crippen LogP contribution in [0.3, 0.4) is 0 Å². The van der Waals surface area contributed by atoms with Crippen LogP contribution in [0.25, 0.3) is 0 Å². The molecule has 94 valence electrons.